The summed E-state index contributed by atoms with van der Waals surface area (Å²) in [4.78, 5) is 24.3. The van der Waals surface area contributed by atoms with Gasteiger partial charge in [-0.3, -0.25) is 9.59 Å². The van der Waals surface area contributed by atoms with E-state index in [9.17, 15) is 14.0 Å². The Balaban J connectivity index is 1.77. The summed E-state index contributed by atoms with van der Waals surface area (Å²) in [5, 5.41) is 7.12. The molecule has 0 spiro atoms. The Labute approximate surface area is 132 Å². The molecule has 1 aromatic heterocycles. The first kappa shape index (κ1) is 16.2. The molecule has 0 saturated heterocycles. The fourth-order valence-electron chi connectivity index (χ4n) is 1.92. The van der Waals surface area contributed by atoms with E-state index < -0.39 is 6.04 Å². The molecule has 2 N–H and O–H groups in total. The van der Waals surface area contributed by atoms with Crippen molar-refractivity contribution in [2.75, 3.05) is 6.54 Å². The molecule has 1 aromatic carbocycles. The second-order valence-corrected chi connectivity index (χ2v) is 5.75. The summed E-state index contributed by atoms with van der Waals surface area (Å²) in [5.41, 5.74) is 0.554. The van der Waals surface area contributed by atoms with E-state index in [1.54, 1.807) is 42.6 Å². The molecule has 22 heavy (non-hydrogen) atoms. The second-order valence-electron chi connectivity index (χ2n) is 4.80. The maximum absolute atomic E-state index is 13.4. The average molecular weight is 320 g/mol. The third-order valence-electron chi connectivity index (χ3n) is 3.14. The number of benzene rings is 1. The molecule has 1 heterocycles. The van der Waals surface area contributed by atoms with Crippen LogP contribution in [0.4, 0.5) is 4.39 Å². The van der Waals surface area contributed by atoms with Gasteiger partial charge in [-0.25, -0.2) is 4.39 Å². The number of amides is 2. The molecule has 0 aliphatic carbocycles. The first-order chi connectivity index (χ1) is 10.6. The molecule has 2 aromatic rings. The maximum atomic E-state index is 13.4. The van der Waals surface area contributed by atoms with Crippen molar-refractivity contribution in [1.82, 2.24) is 10.6 Å². The highest BCUT2D eigenvalue weighted by atomic mass is 32.1. The van der Waals surface area contributed by atoms with Gasteiger partial charge in [-0.1, -0.05) is 24.3 Å². The highest BCUT2D eigenvalue weighted by Gasteiger charge is 2.16. The van der Waals surface area contributed by atoms with Gasteiger partial charge in [0.2, 0.25) is 5.91 Å². The molecule has 1 atom stereocenters. The summed E-state index contributed by atoms with van der Waals surface area (Å²) in [6, 6.07) is 9.28. The predicted molar refractivity (Wildman–Crippen MR) is 84.4 cm³/mol. The molecule has 4 nitrogen and oxygen atoms in total. The Morgan fingerprint density at radius 2 is 2.00 bits per heavy atom. The van der Waals surface area contributed by atoms with Crippen molar-refractivity contribution in [1.29, 1.82) is 0 Å². The lowest BCUT2D eigenvalue weighted by Gasteiger charge is -2.13. The van der Waals surface area contributed by atoms with Gasteiger partial charge in [0.05, 0.1) is 4.88 Å². The molecule has 116 valence electrons. The fraction of sp³-hybridized carbons (Fsp3) is 0.250. The lowest BCUT2D eigenvalue weighted by molar-refractivity contribution is -0.122. The van der Waals surface area contributed by atoms with Gasteiger partial charge in [-0.2, -0.15) is 0 Å². The summed E-state index contributed by atoms with van der Waals surface area (Å²) in [5.74, 6) is -0.844. The van der Waals surface area contributed by atoms with Crippen molar-refractivity contribution in [3.05, 3.63) is 58.0 Å². The lowest BCUT2D eigenvalue weighted by Crippen LogP contribution is -2.45. The molecule has 6 heteroatoms. The molecule has 0 aliphatic heterocycles. The van der Waals surface area contributed by atoms with Gasteiger partial charge in [0.25, 0.3) is 5.91 Å². The standard InChI is InChI=1S/C16H17FN2O2S/c1-11(19-16(21)14-7-4-10-22-14)15(20)18-9-8-12-5-2-3-6-13(12)17/h2-7,10-11H,8-9H2,1H3,(H,18,20)(H,19,21). The molecule has 0 saturated carbocycles. The minimum atomic E-state index is -0.643. The Bertz CT molecular complexity index is 643. The van der Waals surface area contributed by atoms with Crippen LogP contribution in [0.3, 0.4) is 0 Å². The number of rotatable bonds is 6. The van der Waals surface area contributed by atoms with E-state index >= 15 is 0 Å². The van der Waals surface area contributed by atoms with E-state index in [0.29, 0.717) is 23.4 Å². The lowest BCUT2D eigenvalue weighted by atomic mass is 10.1. The fourth-order valence-corrected chi connectivity index (χ4v) is 2.54. The second kappa shape index (κ2) is 7.70. The van der Waals surface area contributed by atoms with E-state index in [0.717, 1.165) is 0 Å². The van der Waals surface area contributed by atoms with Crippen LogP contribution in [0.1, 0.15) is 22.2 Å². The van der Waals surface area contributed by atoms with Gasteiger partial charge >= 0.3 is 0 Å². The van der Waals surface area contributed by atoms with Crippen LogP contribution >= 0.6 is 11.3 Å². The van der Waals surface area contributed by atoms with Crippen LogP contribution in [-0.2, 0) is 11.2 Å². The normalized spacial score (nSPS) is 11.7. The Morgan fingerprint density at radius 1 is 1.23 bits per heavy atom. The average Bonchev–Trinajstić information content (AvgIpc) is 3.03. The summed E-state index contributed by atoms with van der Waals surface area (Å²) < 4.78 is 13.4. The summed E-state index contributed by atoms with van der Waals surface area (Å²) in [6.45, 7) is 1.93. The number of nitrogens with one attached hydrogen (secondary N) is 2. The molecule has 2 amide bonds. The zero-order chi connectivity index (χ0) is 15.9. The van der Waals surface area contributed by atoms with Gasteiger partial charge in [0, 0.05) is 6.54 Å². The highest BCUT2D eigenvalue weighted by Crippen LogP contribution is 2.08. The monoisotopic (exact) mass is 320 g/mol. The number of carbonyl (C=O) groups excluding carboxylic acids is 2. The maximum Gasteiger partial charge on any atom is 0.261 e. The van der Waals surface area contributed by atoms with E-state index in [1.165, 1.54) is 17.4 Å². The highest BCUT2D eigenvalue weighted by molar-refractivity contribution is 7.12. The van der Waals surface area contributed by atoms with Crippen molar-refractivity contribution in [2.24, 2.45) is 0 Å². The molecule has 1 unspecified atom stereocenters. The molecule has 0 radical (unpaired) electrons. The van der Waals surface area contributed by atoms with Gasteiger partial charge in [0.1, 0.15) is 11.9 Å². The van der Waals surface area contributed by atoms with E-state index in [1.807, 2.05) is 0 Å². The molecule has 0 aliphatic rings. The van der Waals surface area contributed by atoms with Gasteiger partial charge in [0.15, 0.2) is 0 Å². The molecular weight excluding hydrogens is 303 g/mol. The van der Waals surface area contributed by atoms with Crippen LogP contribution in [0, 0.1) is 5.82 Å². The molecule has 0 fully saturated rings. The van der Waals surface area contributed by atoms with Crippen molar-refractivity contribution >= 4 is 23.2 Å². The Morgan fingerprint density at radius 3 is 2.68 bits per heavy atom. The molecule has 2 rings (SSSR count). The molecule has 0 bridgehead atoms. The van der Waals surface area contributed by atoms with Crippen LogP contribution in [0.5, 0.6) is 0 Å². The van der Waals surface area contributed by atoms with E-state index in [2.05, 4.69) is 10.6 Å². The number of thiophene rings is 1. The van der Waals surface area contributed by atoms with Crippen LogP contribution in [-0.4, -0.2) is 24.4 Å². The zero-order valence-electron chi connectivity index (χ0n) is 12.1. The van der Waals surface area contributed by atoms with Crippen molar-refractivity contribution in [2.45, 2.75) is 19.4 Å². The smallest absolute Gasteiger partial charge is 0.261 e. The largest absolute Gasteiger partial charge is 0.354 e. The van der Waals surface area contributed by atoms with Crippen molar-refractivity contribution in [3.8, 4) is 0 Å². The van der Waals surface area contributed by atoms with Crippen LogP contribution in [0.15, 0.2) is 41.8 Å². The number of hydrogen-bond acceptors (Lipinski definition) is 3. The Kier molecular flexibility index (Phi) is 5.66. The summed E-state index contributed by atoms with van der Waals surface area (Å²) >= 11 is 1.32. The first-order valence-electron chi connectivity index (χ1n) is 6.93. The third kappa shape index (κ3) is 4.39. The third-order valence-corrected chi connectivity index (χ3v) is 4.01. The minimum Gasteiger partial charge on any atom is -0.354 e. The number of halogens is 1. The van der Waals surface area contributed by atoms with Gasteiger partial charge in [-0.15, -0.1) is 11.3 Å². The van der Waals surface area contributed by atoms with Crippen molar-refractivity contribution < 1.29 is 14.0 Å². The topological polar surface area (TPSA) is 58.2 Å². The Hall–Kier alpha value is -2.21. The van der Waals surface area contributed by atoms with Gasteiger partial charge < -0.3 is 10.6 Å². The SMILES string of the molecule is CC(NC(=O)c1cccs1)C(=O)NCCc1ccccc1F. The van der Waals surface area contributed by atoms with Gasteiger partial charge in [-0.05, 0) is 36.4 Å². The zero-order valence-corrected chi connectivity index (χ0v) is 13.0. The van der Waals surface area contributed by atoms with E-state index in [-0.39, 0.29) is 17.6 Å². The summed E-state index contributed by atoms with van der Waals surface area (Å²) in [6.07, 6.45) is 0.407. The van der Waals surface area contributed by atoms with Crippen molar-refractivity contribution in [3.63, 3.8) is 0 Å². The number of hydrogen-bond donors (Lipinski definition) is 2. The summed E-state index contributed by atoms with van der Waals surface area (Å²) in [7, 11) is 0. The van der Waals surface area contributed by atoms with Crippen LogP contribution in [0.25, 0.3) is 0 Å². The predicted octanol–water partition coefficient (Wildman–Crippen LogP) is 2.36. The molecular formula is C16H17FN2O2S. The minimum absolute atomic E-state index is 0.272. The van der Waals surface area contributed by atoms with Crippen LogP contribution < -0.4 is 10.6 Å². The quantitative estimate of drug-likeness (QED) is 0.858. The van der Waals surface area contributed by atoms with E-state index in [4.69, 9.17) is 0 Å². The number of carbonyl (C=O) groups is 2. The van der Waals surface area contributed by atoms with Crippen LogP contribution in [0.2, 0.25) is 0 Å². The first-order valence-corrected chi connectivity index (χ1v) is 7.81.